The topological polar surface area (TPSA) is 54.9 Å². The molecule has 1 aliphatic rings. The molecular formula is C23H23ClN4O. The van der Waals surface area contributed by atoms with Crippen LogP contribution in [0.4, 0.5) is 0 Å². The van der Waals surface area contributed by atoms with E-state index in [9.17, 15) is 0 Å². The molecule has 0 aliphatic carbocycles. The molecule has 2 aromatic heterocycles. The second-order valence-electron chi connectivity index (χ2n) is 7.42. The van der Waals surface area contributed by atoms with Gasteiger partial charge in [-0.25, -0.2) is 4.98 Å². The third-order valence-electron chi connectivity index (χ3n) is 5.52. The largest absolute Gasteiger partial charge is 0.494 e. The van der Waals surface area contributed by atoms with Crippen LogP contribution in [0.5, 0.6) is 5.75 Å². The number of hydrogen-bond acceptors (Lipinski definition) is 3. The van der Waals surface area contributed by atoms with Crippen LogP contribution in [-0.4, -0.2) is 27.7 Å². The van der Waals surface area contributed by atoms with Gasteiger partial charge in [-0.15, -0.1) is 0 Å². The lowest BCUT2D eigenvalue weighted by Crippen LogP contribution is -2.30. The van der Waals surface area contributed by atoms with E-state index >= 15 is 0 Å². The van der Waals surface area contributed by atoms with Crippen molar-refractivity contribution in [2.45, 2.75) is 25.4 Å². The fourth-order valence-electron chi connectivity index (χ4n) is 4.10. The number of hydrogen-bond donors (Lipinski definition) is 2. The fraction of sp³-hybridized carbons (Fsp3) is 0.261. The summed E-state index contributed by atoms with van der Waals surface area (Å²) < 4.78 is 7.96. The van der Waals surface area contributed by atoms with Crippen LogP contribution >= 0.6 is 11.6 Å². The molecule has 0 amide bonds. The number of fused-ring (bicyclic) bond motifs is 3. The quantitative estimate of drug-likeness (QED) is 0.455. The van der Waals surface area contributed by atoms with Crippen LogP contribution in [0.15, 0.2) is 61.2 Å². The first-order valence-corrected chi connectivity index (χ1v) is 10.4. The van der Waals surface area contributed by atoms with Crippen molar-refractivity contribution >= 4 is 22.5 Å². The summed E-state index contributed by atoms with van der Waals surface area (Å²) >= 11 is 6.22. The average Bonchev–Trinajstić information content (AvgIpc) is 3.39. The molecule has 0 saturated carbocycles. The molecule has 2 N–H and O–H groups in total. The van der Waals surface area contributed by atoms with Crippen molar-refractivity contribution in [3.63, 3.8) is 0 Å². The summed E-state index contributed by atoms with van der Waals surface area (Å²) in [5, 5.41) is 5.66. The molecule has 1 aliphatic heterocycles. The number of benzene rings is 2. The number of rotatable bonds is 6. The van der Waals surface area contributed by atoms with Gasteiger partial charge >= 0.3 is 0 Å². The minimum Gasteiger partial charge on any atom is -0.494 e. The molecule has 0 bridgehead atoms. The van der Waals surface area contributed by atoms with Crippen LogP contribution < -0.4 is 10.1 Å². The number of H-pyrrole nitrogens is 1. The van der Waals surface area contributed by atoms with Crippen LogP contribution in [0.25, 0.3) is 10.9 Å². The highest BCUT2D eigenvalue weighted by molar-refractivity contribution is 6.31. The van der Waals surface area contributed by atoms with E-state index in [1.165, 1.54) is 22.2 Å². The molecule has 148 valence electrons. The van der Waals surface area contributed by atoms with Gasteiger partial charge in [-0.1, -0.05) is 23.7 Å². The second kappa shape index (κ2) is 7.93. The first kappa shape index (κ1) is 18.3. The van der Waals surface area contributed by atoms with Crippen molar-refractivity contribution in [3.8, 4) is 5.75 Å². The van der Waals surface area contributed by atoms with Crippen LogP contribution in [0, 0.1) is 0 Å². The Bertz CT molecular complexity index is 1100. The highest BCUT2D eigenvalue weighted by Crippen LogP contribution is 2.35. The number of aromatic nitrogens is 3. The SMILES string of the molecule is Clc1ccc2[nH]c3c(c2c1)CCNC3c1ccc(OCCCn2ccnc2)cc1. The molecule has 6 heteroatoms. The first-order chi connectivity index (χ1) is 14.3. The van der Waals surface area contributed by atoms with E-state index in [4.69, 9.17) is 16.3 Å². The van der Waals surface area contributed by atoms with Gasteiger partial charge in [0.25, 0.3) is 0 Å². The molecule has 0 fully saturated rings. The Hall–Kier alpha value is -2.76. The van der Waals surface area contributed by atoms with Crippen molar-refractivity contribution in [1.82, 2.24) is 19.9 Å². The number of imidazole rings is 1. The van der Waals surface area contributed by atoms with Gasteiger partial charge in [0, 0.05) is 47.1 Å². The Morgan fingerprint density at radius 3 is 2.90 bits per heavy atom. The lowest BCUT2D eigenvalue weighted by molar-refractivity contribution is 0.301. The predicted octanol–water partition coefficient (Wildman–Crippen LogP) is 4.72. The standard InChI is InChI=1S/C23H23ClN4O/c24-17-4-7-21-20(14-17)19-8-9-26-22(23(19)27-21)16-2-5-18(6-3-16)29-13-1-11-28-12-10-25-15-28/h2-7,10,12,14-15,22,26-27H,1,8-9,11,13H2. The lowest BCUT2D eigenvalue weighted by Gasteiger charge is -2.25. The molecule has 1 atom stereocenters. The zero-order valence-corrected chi connectivity index (χ0v) is 16.8. The van der Waals surface area contributed by atoms with Crippen LogP contribution in [0.1, 0.15) is 29.3 Å². The van der Waals surface area contributed by atoms with Gasteiger partial charge in [-0.05, 0) is 54.3 Å². The van der Waals surface area contributed by atoms with E-state index in [2.05, 4.69) is 56.3 Å². The molecule has 5 nitrogen and oxygen atoms in total. The summed E-state index contributed by atoms with van der Waals surface area (Å²) in [4.78, 5) is 7.66. The number of nitrogens with zero attached hydrogens (tertiary/aromatic N) is 2. The van der Waals surface area contributed by atoms with E-state index in [1.54, 1.807) is 6.20 Å². The molecule has 5 rings (SSSR count). The molecule has 0 saturated heterocycles. The zero-order chi connectivity index (χ0) is 19.6. The maximum Gasteiger partial charge on any atom is 0.119 e. The fourth-order valence-corrected chi connectivity index (χ4v) is 4.27. The molecule has 4 aromatic rings. The van der Waals surface area contributed by atoms with E-state index in [0.717, 1.165) is 42.2 Å². The van der Waals surface area contributed by atoms with E-state index in [-0.39, 0.29) is 6.04 Å². The Kier molecular flexibility index (Phi) is 5.00. The van der Waals surface area contributed by atoms with Gasteiger partial charge < -0.3 is 19.6 Å². The number of aryl methyl sites for hydroxylation is 1. The van der Waals surface area contributed by atoms with Crippen molar-refractivity contribution < 1.29 is 4.74 Å². The number of ether oxygens (including phenoxy) is 1. The summed E-state index contributed by atoms with van der Waals surface area (Å²) in [5.41, 5.74) is 4.98. The number of aromatic amines is 1. The normalized spacial score (nSPS) is 16.1. The third-order valence-corrected chi connectivity index (χ3v) is 5.75. The van der Waals surface area contributed by atoms with E-state index in [1.807, 2.05) is 18.6 Å². The Balaban J connectivity index is 1.29. The molecule has 0 radical (unpaired) electrons. The van der Waals surface area contributed by atoms with Crippen LogP contribution in [0.3, 0.4) is 0 Å². The summed E-state index contributed by atoms with van der Waals surface area (Å²) in [6.07, 6.45) is 7.55. The maximum atomic E-state index is 6.22. The minimum atomic E-state index is 0.153. The molecular weight excluding hydrogens is 384 g/mol. The number of nitrogens with one attached hydrogen (secondary N) is 2. The summed E-state index contributed by atoms with van der Waals surface area (Å²) in [6, 6.07) is 14.6. The smallest absolute Gasteiger partial charge is 0.119 e. The van der Waals surface area contributed by atoms with Gasteiger partial charge in [0.2, 0.25) is 0 Å². The maximum absolute atomic E-state index is 6.22. The average molecular weight is 407 g/mol. The van der Waals surface area contributed by atoms with Crippen molar-refractivity contribution in [3.05, 3.63) is 83.0 Å². The number of halogens is 1. The van der Waals surface area contributed by atoms with Gasteiger partial charge in [0.05, 0.1) is 19.0 Å². The summed E-state index contributed by atoms with van der Waals surface area (Å²) in [7, 11) is 0. The van der Waals surface area contributed by atoms with Gasteiger partial charge in [0.1, 0.15) is 5.75 Å². The van der Waals surface area contributed by atoms with Crippen molar-refractivity contribution in [2.75, 3.05) is 13.2 Å². The zero-order valence-electron chi connectivity index (χ0n) is 16.1. The minimum absolute atomic E-state index is 0.153. The summed E-state index contributed by atoms with van der Waals surface area (Å²) in [5.74, 6) is 0.902. The molecule has 3 heterocycles. The molecule has 1 unspecified atom stereocenters. The van der Waals surface area contributed by atoms with Crippen LogP contribution in [0.2, 0.25) is 5.02 Å². The Morgan fingerprint density at radius 1 is 1.17 bits per heavy atom. The monoisotopic (exact) mass is 406 g/mol. The predicted molar refractivity (Wildman–Crippen MR) is 116 cm³/mol. The Labute approximate surface area is 174 Å². The highest BCUT2D eigenvalue weighted by Gasteiger charge is 2.25. The van der Waals surface area contributed by atoms with Crippen LogP contribution in [-0.2, 0) is 13.0 Å². The van der Waals surface area contributed by atoms with E-state index in [0.29, 0.717) is 6.61 Å². The highest BCUT2D eigenvalue weighted by atomic mass is 35.5. The summed E-state index contributed by atoms with van der Waals surface area (Å²) in [6.45, 7) is 2.55. The van der Waals surface area contributed by atoms with E-state index < -0.39 is 0 Å². The molecule has 2 aromatic carbocycles. The second-order valence-corrected chi connectivity index (χ2v) is 7.85. The first-order valence-electron chi connectivity index (χ1n) is 10.00. The molecule has 29 heavy (non-hydrogen) atoms. The van der Waals surface area contributed by atoms with Crippen molar-refractivity contribution in [1.29, 1.82) is 0 Å². The van der Waals surface area contributed by atoms with Crippen molar-refractivity contribution in [2.24, 2.45) is 0 Å². The lowest BCUT2D eigenvalue weighted by atomic mass is 9.94. The Morgan fingerprint density at radius 2 is 2.07 bits per heavy atom. The third kappa shape index (κ3) is 3.76. The van der Waals surface area contributed by atoms with Gasteiger partial charge in [0.15, 0.2) is 0 Å². The molecule has 0 spiro atoms. The van der Waals surface area contributed by atoms with Gasteiger partial charge in [-0.3, -0.25) is 0 Å². The van der Waals surface area contributed by atoms with Gasteiger partial charge in [-0.2, -0.15) is 0 Å².